The van der Waals surface area contributed by atoms with Crippen molar-refractivity contribution < 1.29 is 14.5 Å². The SMILES string of the molecule is COC(=O)C(C)(C)[C@@H](N)c1ccc(Br)c([N+](=O)[O-])c1.Cl. The zero-order valence-electron chi connectivity index (χ0n) is 11.3. The minimum atomic E-state index is -0.976. The van der Waals surface area contributed by atoms with Crippen LogP contribution in [0.3, 0.4) is 0 Å². The zero-order valence-corrected chi connectivity index (χ0v) is 13.7. The minimum Gasteiger partial charge on any atom is -0.469 e. The Morgan fingerprint density at radius 3 is 2.50 bits per heavy atom. The largest absolute Gasteiger partial charge is 0.469 e. The molecule has 0 amide bonds. The third-order valence-corrected chi connectivity index (χ3v) is 3.69. The number of hydrogen-bond donors (Lipinski definition) is 1. The lowest BCUT2D eigenvalue weighted by Gasteiger charge is -2.28. The average Bonchev–Trinajstić information content (AvgIpc) is 2.36. The number of methoxy groups -OCH3 is 1. The van der Waals surface area contributed by atoms with E-state index in [9.17, 15) is 14.9 Å². The molecule has 112 valence electrons. The number of rotatable bonds is 4. The molecule has 0 radical (unpaired) electrons. The number of halogens is 2. The number of ether oxygens (including phenoxy) is 1. The van der Waals surface area contributed by atoms with Crippen LogP contribution >= 0.6 is 28.3 Å². The summed E-state index contributed by atoms with van der Waals surface area (Å²) in [6.07, 6.45) is 0. The monoisotopic (exact) mass is 366 g/mol. The van der Waals surface area contributed by atoms with E-state index in [2.05, 4.69) is 15.9 Å². The van der Waals surface area contributed by atoms with E-state index in [0.717, 1.165) is 0 Å². The molecular formula is C12H16BrClN2O4. The van der Waals surface area contributed by atoms with Crippen molar-refractivity contribution in [1.29, 1.82) is 0 Å². The molecule has 1 rings (SSSR count). The van der Waals surface area contributed by atoms with Crippen LogP contribution in [-0.2, 0) is 9.53 Å². The molecule has 0 spiro atoms. The van der Waals surface area contributed by atoms with Crippen molar-refractivity contribution >= 4 is 40.0 Å². The van der Waals surface area contributed by atoms with Crippen molar-refractivity contribution in [2.45, 2.75) is 19.9 Å². The van der Waals surface area contributed by atoms with Gasteiger partial charge in [0.2, 0.25) is 0 Å². The maximum atomic E-state index is 11.7. The lowest BCUT2D eigenvalue weighted by molar-refractivity contribution is -0.385. The van der Waals surface area contributed by atoms with Gasteiger partial charge in [0.1, 0.15) is 0 Å². The van der Waals surface area contributed by atoms with Crippen LogP contribution in [-0.4, -0.2) is 18.0 Å². The summed E-state index contributed by atoms with van der Waals surface area (Å²) in [7, 11) is 1.28. The molecular weight excluding hydrogens is 351 g/mol. The highest BCUT2D eigenvalue weighted by molar-refractivity contribution is 9.10. The van der Waals surface area contributed by atoms with Gasteiger partial charge < -0.3 is 10.5 Å². The molecule has 0 aromatic heterocycles. The molecule has 0 saturated carbocycles. The highest BCUT2D eigenvalue weighted by Crippen LogP contribution is 2.35. The first kappa shape index (κ1) is 18.8. The number of carbonyl (C=O) groups excluding carboxylic acids is 1. The molecule has 2 N–H and O–H groups in total. The number of esters is 1. The highest BCUT2D eigenvalue weighted by atomic mass is 79.9. The van der Waals surface area contributed by atoms with Gasteiger partial charge in [0, 0.05) is 12.1 Å². The topological polar surface area (TPSA) is 95.5 Å². The normalized spacial score (nSPS) is 12.2. The molecule has 0 fully saturated rings. The third-order valence-electron chi connectivity index (χ3n) is 3.02. The lowest BCUT2D eigenvalue weighted by Crippen LogP contribution is -2.37. The summed E-state index contributed by atoms with van der Waals surface area (Å²) in [6, 6.07) is 3.85. The summed E-state index contributed by atoms with van der Waals surface area (Å²) in [5.74, 6) is -0.467. The van der Waals surface area contributed by atoms with Gasteiger partial charge >= 0.3 is 5.97 Å². The fraction of sp³-hybridized carbons (Fsp3) is 0.417. The van der Waals surface area contributed by atoms with Crippen LogP contribution in [0.1, 0.15) is 25.5 Å². The van der Waals surface area contributed by atoms with E-state index >= 15 is 0 Å². The lowest BCUT2D eigenvalue weighted by atomic mass is 9.81. The minimum absolute atomic E-state index is 0. The molecule has 8 heteroatoms. The first-order valence-corrected chi connectivity index (χ1v) is 6.29. The molecule has 1 aromatic carbocycles. The molecule has 0 aliphatic heterocycles. The summed E-state index contributed by atoms with van der Waals surface area (Å²) < 4.78 is 5.06. The summed E-state index contributed by atoms with van der Waals surface area (Å²) >= 11 is 3.10. The first-order valence-electron chi connectivity index (χ1n) is 5.49. The van der Waals surface area contributed by atoms with E-state index in [1.54, 1.807) is 26.0 Å². The van der Waals surface area contributed by atoms with E-state index in [-0.39, 0.29) is 18.1 Å². The van der Waals surface area contributed by atoms with E-state index in [1.165, 1.54) is 13.2 Å². The Hall–Kier alpha value is -1.18. The molecule has 6 nitrogen and oxygen atoms in total. The molecule has 20 heavy (non-hydrogen) atoms. The van der Waals surface area contributed by atoms with Crippen LogP contribution in [0.2, 0.25) is 0 Å². The van der Waals surface area contributed by atoms with Crippen molar-refractivity contribution in [2.75, 3.05) is 7.11 Å². The van der Waals surface area contributed by atoms with Gasteiger partial charge in [-0.25, -0.2) is 0 Å². The number of benzene rings is 1. The van der Waals surface area contributed by atoms with Gasteiger partial charge in [-0.2, -0.15) is 0 Å². The van der Waals surface area contributed by atoms with Crippen molar-refractivity contribution in [3.63, 3.8) is 0 Å². The number of nitro benzene ring substituents is 1. The van der Waals surface area contributed by atoms with E-state index in [0.29, 0.717) is 10.0 Å². The van der Waals surface area contributed by atoms with Gasteiger partial charge in [-0.15, -0.1) is 12.4 Å². The van der Waals surface area contributed by atoms with Crippen molar-refractivity contribution in [3.8, 4) is 0 Å². The quantitative estimate of drug-likeness (QED) is 0.501. The Balaban J connectivity index is 0.00000361. The molecule has 1 aromatic rings. The van der Waals surface area contributed by atoms with Crippen molar-refractivity contribution in [1.82, 2.24) is 0 Å². The predicted octanol–water partition coefficient (Wildman–Crippen LogP) is 2.98. The van der Waals surface area contributed by atoms with Crippen molar-refractivity contribution in [3.05, 3.63) is 38.3 Å². The number of hydrogen-bond acceptors (Lipinski definition) is 5. The second-order valence-electron chi connectivity index (χ2n) is 4.66. The zero-order chi connectivity index (χ0) is 14.8. The maximum Gasteiger partial charge on any atom is 0.313 e. The van der Waals surface area contributed by atoms with Crippen LogP contribution in [0, 0.1) is 15.5 Å². The van der Waals surface area contributed by atoms with Crippen molar-refractivity contribution in [2.24, 2.45) is 11.1 Å². The van der Waals surface area contributed by atoms with Gasteiger partial charge in [-0.05, 0) is 41.4 Å². The molecule has 1 atom stereocenters. The van der Waals surface area contributed by atoms with Crippen LogP contribution < -0.4 is 5.73 Å². The van der Waals surface area contributed by atoms with E-state index < -0.39 is 22.3 Å². The highest BCUT2D eigenvalue weighted by Gasteiger charge is 2.37. The number of nitrogens with two attached hydrogens (primary N) is 1. The molecule has 0 bridgehead atoms. The Kier molecular flexibility index (Phi) is 6.60. The average molecular weight is 368 g/mol. The van der Waals surface area contributed by atoms with E-state index in [1.807, 2.05) is 0 Å². The first-order chi connectivity index (χ1) is 8.71. The summed E-state index contributed by atoms with van der Waals surface area (Å²) in [4.78, 5) is 22.1. The number of nitrogens with zero attached hydrogens (tertiary/aromatic N) is 1. The van der Waals surface area contributed by atoms with Gasteiger partial charge in [-0.3, -0.25) is 14.9 Å². The van der Waals surface area contributed by atoms with Gasteiger partial charge in [0.25, 0.3) is 5.69 Å². The molecule has 0 heterocycles. The Morgan fingerprint density at radius 1 is 1.50 bits per heavy atom. The maximum absolute atomic E-state index is 11.7. The predicted molar refractivity (Wildman–Crippen MR) is 80.8 cm³/mol. The molecule has 0 aliphatic rings. The van der Waals surface area contributed by atoms with Crippen LogP contribution in [0.25, 0.3) is 0 Å². The fourth-order valence-electron chi connectivity index (χ4n) is 1.67. The molecule has 0 unspecified atom stereocenters. The second kappa shape index (κ2) is 7.01. The van der Waals surface area contributed by atoms with Crippen LogP contribution in [0.15, 0.2) is 22.7 Å². The van der Waals surface area contributed by atoms with Gasteiger partial charge in [0.15, 0.2) is 0 Å². The fourth-order valence-corrected chi connectivity index (χ4v) is 2.06. The van der Waals surface area contributed by atoms with Gasteiger partial charge in [-0.1, -0.05) is 6.07 Å². The summed E-state index contributed by atoms with van der Waals surface area (Å²) in [6.45, 7) is 3.27. The van der Waals surface area contributed by atoms with E-state index in [4.69, 9.17) is 10.5 Å². The van der Waals surface area contributed by atoms with Gasteiger partial charge in [0.05, 0.1) is 21.9 Å². The standard InChI is InChI=1S/C12H15BrN2O4.ClH/c1-12(2,11(16)19-3)10(14)7-4-5-8(13)9(6-7)15(17)18;/h4-6,10H,14H2,1-3H3;1H/t10-;/m0./s1. The second-order valence-corrected chi connectivity index (χ2v) is 5.51. The van der Waals surface area contributed by atoms with Crippen LogP contribution in [0.4, 0.5) is 5.69 Å². The number of carbonyl (C=O) groups is 1. The summed E-state index contributed by atoms with van der Waals surface area (Å²) in [5.41, 5.74) is 5.47. The Bertz CT molecular complexity index is 522. The smallest absolute Gasteiger partial charge is 0.313 e. The third kappa shape index (κ3) is 3.68. The Morgan fingerprint density at radius 2 is 2.05 bits per heavy atom. The number of nitro groups is 1. The molecule has 0 aliphatic carbocycles. The Labute approximate surface area is 131 Å². The molecule has 0 saturated heterocycles. The van der Waals surface area contributed by atoms with Crippen LogP contribution in [0.5, 0.6) is 0 Å². The summed E-state index contributed by atoms with van der Waals surface area (Å²) in [5, 5.41) is 10.9.